The van der Waals surface area contributed by atoms with E-state index < -0.39 is 15.3 Å². The van der Waals surface area contributed by atoms with Crippen molar-refractivity contribution in [1.29, 1.82) is 0 Å². The lowest BCUT2D eigenvalue weighted by Gasteiger charge is -2.02. The fourth-order valence-electron chi connectivity index (χ4n) is 0.382. The van der Waals surface area contributed by atoms with Gasteiger partial charge in [0, 0.05) is 0 Å². The van der Waals surface area contributed by atoms with E-state index >= 15 is 0 Å². The molecule has 0 aliphatic carbocycles. The second-order valence-electron chi connectivity index (χ2n) is 1.54. The standard InChI is InChI=1S/C3HCl2N3O3/c4-3(5,8(9)10)2-7-6-1-11-2/h1H. The molecule has 0 amide bonds. The highest BCUT2D eigenvalue weighted by atomic mass is 35.5. The van der Waals surface area contributed by atoms with Crippen LogP contribution in [-0.2, 0) is 4.46 Å². The predicted molar refractivity (Wildman–Crippen MR) is 34.7 cm³/mol. The molecular formula is C3HCl2N3O3. The molecule has 0 unspecified atom stereocenters. The second-order valence-corrected chi connectivity index (χ2v) is 2.83. The molecule has 0 saturated heterocycles. The molecule has 8 heteroatoms. The number of nitro groups is 1. The van der Waals surface area contributed by atoms with Crippen molar-refractivity contribution in [1.82, 2.24) is 10.2 Å². The van der Waals surface area contributed by atoms with Gasteiger partial charge in [-0.1, -0.05) is 0 Å². The fourth-order valence-corrected chi connectivity index (χ4v) is 0.547. The van der Waals surface area contributed by atoms with E-state index in [0.717, 1.165) is 6.39 Å². The first-order chi connectivity index (χ1) is 5.05. The Morgan fingerprint density at radius 2 is 2.36 bits per heavy atom. The first-order valence-corrected chi connectivity index (χ1v) is 3.09. The van der Waals surface area contributed by atoms with Gasteiger partial charge in [0.15, 0.2) is 0 Å². The van der Waals surface area contributed by atoms with E-state index in [-0.39, 0.29) is 0 Å². The quantitative estimate of drug-likeness (QED) is 0.305. The Labute approximate surface area is 70.3 Å². The van der Waals surface area contributed by atoms with Gasteiger partial charge in [0.1, 0.15) is 0 Å². The van der Waals surface area contributed by atoms with Crippen LogP contribution in [0.5, 0.6) is 0 Å². The minimum Gasteiger partial charge on any atom is -0.420 e. The topological polar surface area (TPSA) is 82.1 Å². The number of rotatable bonds is 2. The van der Waals surface area contributed by atoms with Gasteiger partial charge in [0.05, 0.1) is 4.92 Å². The van der Waals surface area contributed by atoms with Crippen LogP contribution in [0.25, 0.3) is 0 Å². The van der Waals surface area contributed by atoms with E-state index in [1.165, 1.54) is 0 Å². The van der Waals surface area contributed by atoms with Crippen LogP contribution < -0.4 is 0 Å². The molecule has 0 saturated carbocycles. The number of hydrogen-bond donors (Lipinski definition) is 0. The van der Waals surface area contributed by atoms with Crippen molar-refractivity contribution >= 4 is 23.2 Å². The van der Waals surface area contributed by atoms with Gasteiger partial charge >= 0.3 is 10.3 Å². The molecule has 1 aromatic rings. The summed E-state index contributed by atoms with van der Waals surface area (Å²) in [5, 5.41) is 16.5. The third-order valence-corrected chi connectivity index (χ3v) is 1.45. The summed E-state index contributed by atoms with van der Waals surface area (Å²) < 4.78 is 2.08. The Balaban J connectivity index is 3.00. The van der Waals surface area contributed by atoms with Crippen LogP contribution in [-0.4, -0.2) is 15.1 Å². The highest BCUT2D eigenvalue weighted by Crippen LogP contribution is 2.32. The molecule has 0 radical (unpaired) electrons. The Bertz CT molecular complexity index is 259. The zero-order valence-corrected chi connectivity index (χ0v) is 6.41. The lowest BCUT2D eigenvalue weighted by atomic mass is 10.6. The number of halogens is 2. The van der Waals surface area contributed by atoms with E-state index in [0.29, 0.717) is 0 Å². The Morgan fingerprint density at radius 1 is 1.73 bits per heavy atom. The van der Waals surface area contributed by atoms with Crippen molar-refractivity contribution in [3.63, 3.8) is 0 Å². The molecular weight excluding hydrogens is 197 g/mol. The van der Waals surface area contributed by atoms with Crippen LogP contribution in [0.15, 0.2) is 10.8 Å². The largest absolute Gasteiger partial charge is 0.448 e. The van der Waals surface area contributed by atoms with E-state index in [2.05, 4.69) is 14.6 Å². The third-order valence-electron chi connectivity index (χ3n) is 0.847. The highest BCUT2D eigenvalue weighted by molar-refractivity contribution is 6.46. The Kier molecular flexibility index (Phi) is 1.97. The summed E-state index contributed by atoms with van der Waals surface area (Å²) in [5.74, 6) is -0.453. The number of aromatic nitrogens is 2. The summed E-state index contributed by atoms with van der Waals surface area (Å²) in [5.41, 5.74) is 0. The minimum atomic E-state index is -2.35. The SMILES string of the molecule is O=[N+]([O-])C(Cl)(Cl)c1nnco1. The Morgan fingerprint density at radius 3 is 2.73 bits per heavy atom. The maximum Gasteiger partial charge on any atom is 0.448 e. The number of nitrogens with zero attached hydrogens (tertiary/aromatic N) is 3. The monoisotopic (exact) mass is 197 g/mol. The van der Waals surface area contributed by atoms with Crippen molar-refractivity contribution in [2.45, 2.75) is 4.46 Å². The second kappa shape index (κ2) is 2.63. The van der Waals surface area contributed by atoms with Gasteiger partial charge in [0.2, 0.25) is 6.39 Å². The van der Waals surface area contributed by atoms with Gasteiger partial charge in [0.25, 0.3) is 0 Å². The van der Waals surface area contributed by atoms with Gasteiger partial charge in [-0.2, -0.15) is 0 Å². The first kappa shape index (κ1) is 8.22. The maximum atomic E-state index is 10.1. The molecule has 6 nitrogen and oxygen atoms in total. The highest BCUT2D eigenvalue weighted by Gasteiger charge is 2.46. The van der Waals surface area contributed by atoms with Crippen molar-refractivity contribution in [2.24, 2.45) is 0 Å². The zero-order chi connectivity index (χ0) is 8.48. The molecule has 0 aliphatic heterocycles. The van der Waals surface area contributed by atoms with Crippen molar-refractivity contribution in [3.05, 3.63) is 22.4 Å². The van der Waals surface area contributed by atoms with Crippen LogP contribution in [0.3, 0.4) is 0 Å². The fraction of sp³-hybridized carbons (Fsp3) is 0.333. The zero-order valence-electron chi connectivity index (χ0n) is 4.90. The van der Waals surface area contributed by atoms with Crippen LogP contribution >= 0.6 is 23.2 Å². The summed E-state index contributed by atoms with van der Waals surface area (Å²) in [4.78, 5) is 9.19. The smallest absolute Gasteiger partial charge is 0.420 e. The van der Waals surface area contributed by atoms with Crippen molar-refractivity contribution < 1.29 is 9.34 Å². The molecule has 1 aromatic heterocycles. The third kappa shape index (κ3) is 1.41. The van der Waals surface area contributed by atoms with Gasteiger partial charge in [-0.25, -0.2) is 0 Å². The molecule has 0 spiro atoms. The van der Waals surface area contributed by atoms with Crippen molar-refractivity contribution in [3.8, 4) is 0 Å². The molecule has 0 N–H and O–H groups in total. The molecule has 0 atom stereocenters. The van der Waals surface area contributed by atoms with E-state index in [1.54, 1.807) is 0 Å². The van der Waals surface area contributed by atoms with Crippen LogP contribution in [0, 0.1) is 10.1 Å². The van der Waals surface area contributed by atoms with Gasteiger partial charge in [-0.05, 0) is 23.2 Å². The molecule has 0 fully saturated rings. The molecule has 0 aromatic carbocycles. The van der Waals surface area contributed by atoms with Crippen LogP contribution in [0.2, 0.25) is 0 Å². The van der Waals surface area contributed by atoms with Crippen LogP contribution in [0.1, 0.15) is 5.89 Å². The molecule has 0 aliphatic rings. The van der Waals surface area contributed by atoms with Gasteiger partial charge in [-0.3, -0.25) is 10.1 Å². The summed E-state index contributed by atoms with van der Waals surface area (Å²) in [6, 6.07) is 0. The Hall–Kier alpha value is -0.880. The lowest BCUT2D eigenvalue weighted by molar-refractivity contribution is -0.526. The van der Waals surface area contributed by atoms with E-state index in [4.69, 9.17) is 23.2 Å². The summed E-state index contributed by atoms with van der Waals surface area (Å²) in [6.07, 6.45) is 0.901. The van der Waals surface area contributed by atoms with E-state index in [9.17, 15) is 10.1 Å². The summed E-state index contributed by atoms with van der Waals surface area (Å²) in [7, 11) is 0. The van der Waals surface area contributed by atoms with Gasteiger partial charge in [-0.15, -0.1) is 10.2 Å². The predicted octanol–water partition coefficient (Wildman–Crippen LogP) is 0.934. The minimum absolute atomic E-state index is 0.453. The van der Waals surface area contributed by atoms with E-state index in [1.807, 2.05) is 0 Å². The molecule has 0 bridgehead atoms. The first-order valence-electron chi connectivity index (χ1n) is 2.34. The number of hydrogen-bond acceptors (Lipinski definition) is 5. The maximum absolute atomic E-state index is 10.1. The van der Waals surface area contributed by atoms with Gasteiger partial charge < -0.3 is 4.42 Å². The van der Waals surface area contributed by atoms with Crippen LogP contribution in [0.4, 0.5) is 0 Å². The molecule has 1 rings (SSSR count). The summed E-state index contributed by atoms with van der Waals surface area (Å²) >= 11 is 10.4. The average molecular weight is 198 g/mol. The molecule has 1 heterocycles. The normalized spacial score (nSPS) is 11.5. The average Bonchev–Trinajstić information content (AvgIpc) is 2.37. The van der Waals surface area contributed by atoms with Crippen molar-refractivity contribution in [2.75, 3.05) is 0 Å². The molecule has 11 heavy (non-hydrogen) atoms. The number of alkyl halides is 2. The lowest BCUT2D eigenvalue weighted by Crippen LogP contribution is -2.22. The summed E-state index contributed by atoms with van der Waals surface area (Å²) in [6.45, 7) is 0. The molecule has 60 valence electrons.